The van der Waals surface area contributed by atoms with E-state index in [1.807, 2.05) is 12.4 Å². The number of rotatable bonds is 2. The van der Waals surface area contributed by atoms with Crippen molar-refractivity contribution in [2.24, 2.45) is 0 Å². The summed E-state index contributed by atoms with van der Waals surface area (Å²) in [6.45, 7) is 1.54. The third-order valence-electron chi connectivity index (χ3n) is 2.39. The summed E-state index contributed by atoms with van der Waals surface area (Å²) in [7, 11) is 0. The average molecular weight is 203 g/mol. The van der Waals surface area contributed by atoms with Gasteiger partial charge in [-0.2, -0.15) is 9.78 Å². The van der Waals surface area contributed by atoms with Crippen LogP contribution in [0.5, 0.6) is 0 Å². The molecule has 1 aliphatic rings. The molecule has 6 heteroatoms. The molecule has 15 heavy (non-hydrogen) atoms. The highest BCUT2D eigenvalue weighted by Crippen LogP contribution is 2.22. The van der Waals surface area contributed by atoms with Gasteiger partial charge < -0.3 is 4.74 Å². The van der Waals surface area contributed by atoms with Crippen LogP contribution in [0.3, 0.4) is 0 Å². The first-order valence-corrected chi connectivity index (χ1v) is 4.68. The second kappa shape index (κ2) is 3.39. The van der Waals surface area contributed by atoms with Crippen LogP contribution in [0.1, 0.15) is 11.5 Å². The van der Waals surface area contributed by atoms with Crippen molar-refractivity contribution in [3.05, 3.63) is 30.6 Å². The summed E-state index contributed by atoms with van der Waals surface area (Å²) >= 11 is 0. The third-order valence-corrected chi connectivity index (χ3v) is 2.39. The van der Waals surface area contributed by atoms with Gasteiger partial charge in [0.1, 0.15) is 12.7 Å². The van der Waals surface area contributed by atoms with Gasteiger partial charge in [-0.05, 0) is 5.56 Å². The molecular formula is C9H9N5O. The zero-order valence-electron chi connectivity index (χ0n) is 7.95. The molecule has 0 aromatic carbocycles. The molecule has 0 atom stereocenters. The lowest BCUT2D eigenvalue weighted by Gasteiger charge is -2.25. The molecule has 1 saturated heterocycles. The summed E-state index contributed by atoms with van der Waals surface area (Å²) in [4.78, 5) is 12.3. The lowest BCUT2D eigenvalue weighted by atomic mass is 10.0. The van der Waals surface area contributed by atoms with E-state index in [2.05, 4.69) is 20.1 Å². The molecular weight excluding hydrogens is 194 g/mol. The molecule has 0 amide bonds. The van der Waals surface area contributed by atoms with Crippen molar-refractivity contribution in [2.45, 2.75) is 5.92 Å². The fourth-order valence-corrected chi connectivity index (χ4v) is 1.40. The van der Waals surface area contributed by atoms with Crippen molar-refractivity contribution in [1.82, 2.24) is 24.7 Å². The molecule has 0 unspecified atom stereocenters. The summed E-state index contributed by atoms with van der Waals surface area (Å²) in [6.07, 6.45) is 6.66. The first-order valence-electron chi connectivity index (χ1n) is 4.68. The maximum Gasteiger partial charge on any atom is 0.251 e. The SMILES string of the molecule is c1ncn(-c2ncc(C3COC3)cn2)n1. The Hall–Kier alpha value is -1.82. The number of nitrogens with zero attached hydrogens (tertiary/aromatic N) is 5. The molecule has 0 spiro atoms. The highest BCUT2D eigenvalue weighted by molar-refractivity contribution is 5.18. The molecule has 0 N–H and O–H groups in total. The van der Waals surface area contributed by atoms with Crippen LogP contribution in [-0.2, 0) is 4.74 Å². The lowest BCUT2D eigenvalue weighted by Crippen LogP contribution is -2.25. The lowest BCUT2D eigenvalue weighted by molar-refractivity contribution is 0.00814. The van der Waals surface area contributed by atoms with E-state index in [0.29, 0.717) is 11.9 Å². The molecule has 3 rings (SSSR count). The normalized spacial score (nSPS) is 16.3. The zero-order chi connectivity index (χ0) is 10.1. The Kier molecular flexibility index (Phi) is 1.92. The van der Waals surface area contributed by atoms with Gasteiger partial charge in [0.15, 0.2) is 0 Å². The zero-order valence-corrected chi connectivity index (χ0v) is 7.95. The molecule has 1 fully saturated rings. The minimum absolute atomic E-state index is 0.454. The molecule has 0 saturated carbocycles. The highest BCUT2D eigenvalue weighted by Gasteiger charge is 2.21. The van der Waals surface area contributed by atoms with E-state index in [-0.39, 0.29) is 0 Å². The van der Waals surface area contributed by atoms with Gasteiger partial charge in [0.25, 0.3) is 5.95 Å². The van der Waals surface area contributed by atoms with Crippen molar-refractivity contribution in [1.29, 1.82) is 0 Å². The minimum atomic E-state index is 0.454. The Morgan fingerprint density at radius 2 is 2.07 bits per heavy atom. The molecule has 76 valence electrons. The Labute approximate surface area is 86.0 Å². The Morgan fingerprint density at radius 1 is 1.27 bits per heavy atom. The second-order valence-corrected chi connectivity index (χ2v) is 3.39. The van der Waals surface area contributed by atoms with Gasteiger partial charge >= 0.3 is 0 Å². The molecule has 1 aliphatic heterocycles. The maximum atomic E-state index is 5.11. The molecule has 0 bridgehead atoms. The van der Waals surface area contributed by atoms with Crippen LogP contribution in [0.4, 0.5) is 0 Å². The number of hydrogen-bond donors (Lipinski definition) is 0. The van der Waals surface area contributed by atoms with Crippen molar-refractivity contribution in [3.8, 4) is 5.95 Å². The topological polar surface area (TPSA) is 65.7 Å². The Balaban J connectivity index is 1.87. The average Bonchev–Trinajstić information content (AvgIpc) is 2.69. The van der Waals surface area contributed by atoms with Crippen LogP contribution in [-0.4, -0.2) is 37.9 Å². The summed E-state index contributed by atoms with van der Waals surface area (Å²) in [5.74, 6) is 0.992. The van der Waals surface area contributed by atoms with Crippen molar-refractivity contribution in [2.75, 3.05) is 13.2 Å². The van der Waals surface area contributed by atoms with E-state index < -0.39 is 0 Å². The fourth-order valence-electron chi connectivity index (χ4n) is 1.40. The van der Waals surface area contributed by atoms with Crippen molar-refractivity contribution in [3.63, 3.8) is 0 Å². The monoisotopic (exact) mass is 203 g/mol. The fraction of sp³-hybridized carbons (Fsp3) is 0.333. The van der Waals surface area contributed by atoms with Crippen LogP contribution in [0.15, 0.2) is 25.0 Å². The largest absolute Gasteiger partial charge is 0.380 e. The number of hydrogen-bond acceptors (Lipinski definition) is 5. The Morgan fingerprint density at radius 3 is 2.60 bits per heavy atom. The van der Waals surface area contributed by atoms with E-state index in [1.54, 1.807) is 6.33 Å². The van der Waals surface area contributed by atoms with E-state index in [4.69, 9.17) is 4.74 Å². The number of aromatic nitrogens is 5. The van der Waals surface area contributed by atoms with Crippen LogP contribution in [0.25, 0.3) is 5.95 Å². The van der Waals surface area contributed by atoms with Gasteiger partial charge in [-0.3, -0.25) is 0 Å². The van der Waals surface area contributed by atoms with E-state index in [0.717, 1.165) is 18.8 Å². The third kappa shape index (κ3) is 1.48. The van der Waals surface area contributed by atoms with E-state index >= 15 is 0 Å². The molecule has 2 aromatic rings. The predicted octanol–water partition coefficient (Wildman–Crippen LogP) is 0.171. The van der Waals surface area contributed by atoms with Gasteiger partial charge in [0.05, 0.1) is 13.2 Å². The van der Waals surface area contributed by atoms with Crippen molar-refractivity contribution >= 4 is 0 Å². The first-order chi connectivity index (χ1) is 7.43. The molecule has 2 aromatic heterocycles. The molecule has 0 aliphatic carbocycles. The Bertz CT molecular complexity index is 434. The summed E-state index contributed by atoms with van der Waals surface area (Å²) < 4.78 is 6.64. The predicted molar refractivity (Wildman–Crippen MR) is 50.5 cm³/mol. The van der Waals surface area contributed by atoms with Gasteiger partial charge in [-0.25, -0.2) is 15.0 Å². The van der Waals surface area contributed by atoms with Gasteiger partial charge in [-0.1, -0.05) is 0 Å². The number of ether oxygens (including phenoxy) is 1. The van der Waals surface area contributed by atoms with Crippen LogP contribution in [0, 0.1) is 0 Å². The van der Waals surface area contributed by atoms with Crippen LogP contribution < -0.4 is 0 Å². The molecule has 6 nitrogen and oxygen atoms in total. The minimum Gasteiger partial charge on any atom is -0.380 e. The van der Waals surface area contributed by atoms with E-state index in [9.17, 15) is 0 Å². The first kappa shape index (κ1) is 8.49. The second-order valence-electron chi connectivity index (χ2n) is 3.39. The van der Waals surface area contributed by atoms with Crippen LogP contribution >= 0.6 is 0 Å². The smallest absolute Gasteiger partial charge is 0.251 e. The molecule has 0 radical (unpaired) electrons. The standard InChI is InChI=1S/C9H9N5O/c1-7(8-3-15-4-8)2-12-9(11-1)14-6-10-5-13-14/h1-2,5-6,8H,3-4H2. The summed E-state index contributed by atoms with van der Waals surface area (Å²) in [5, 5.41) is 3.95. The van der Waals surface area contributed by atoms with Gasteiger partial charge in [0.2, 0.25) is 0 Å². The van der Waals surface area contributed by atoms with E-state index in [1.165, 1.54) is 11.0 Å². The van der Waals surface area contributed by atoms with Gasteiger partial charge in [-0.15, -0.1) is 0 Å². The van der Waals surface area contributed by atoms with Crippen LogP contribution in [0.2, 0.25) is 0 Å². The highest BCUT2D eigenvalue weighted by atomic mass is 16.5. The quantitative estimate of drug-likeness (QED) is 0.696. The molecule has 3 heterocycles. The summed E-state index contributed by atoms with van der Waals surface area (Å²) in [5.41, 5.74) is 1.12. The van der Waals surface area contributed by atoms with Crippen molar-refractivity contribution < 1.29 is 4.74 Å². The maximum absolute atomic E-state index is 5.11. The van der Waals surface area contributed by atoms with Gasteiger partial charge in [0, 0.05) is 18.3 Å². The summed E-state index contributed by atoms with van der Waals surface area (Å²) in [6, 6.07) is 0.